The van der Waals surface area contributed by atoms with E-state index < -0.39 is 11.6 Å². The van der Waals surface area contributed by atoms with E-state index in [2.05, 4.69) is 6.07 Å². The van der Waals surface area contributed by atoms with Gasteiger partial charge in [-0.25, -0.2) is 0 Å². The maximum absolute atomic E-state index is 13.1. The normalized spacial score (nSPS) is 23.7. The summed E-state index contributed by atoms with van der Waals surface area (Å²) < 4.78 is 5.17. The first-order valence-corrected chi connectivity index (χ1v) is 10.1. The van der Waals surface area contributed by atoms with Gasteiger partial charge in [-0.05, 0) is 24.6 Å². The summed E-state index contributed by atoms with van der Waals surface area (Å²) in [5.41, 5.74) is 1.35. The van der Waals surface area contributed by atoms with Crippen molar-refractivity contribution in [3.8, 4) is 17.6 Å². The fourth-order valence-corrected chi connectivity index (χ4v) is 5.21. The highest BCUT2D eigenvalue weighted by Gasteiger charge is 2.51. The first kappa shape index (κ1) is 19.4. The number of carbonyl (C=O) groups is 1. The second-order valence-corrected chi connectivity index (χ2v) is 8.18. The van der Waals surface area contributed by atoms with Gasteiger partial charge >= 0.3 is 0 Å². The van der Waals surface area contributed by atoms with Gasteiger partial charge < -0.3 is 14.9 Å². The monoisotopic (exact) mass is 408 g/mol. The fourth-order valence-electron chi connectivity index (χ4n) is 3.85. The number of amides is 1. The third-order valence-corrected chi connectivity index (χ3v) is 6.65. The molecule has 1 amide bonds. The van der Waals surface area contributed by atoms with Crippen LogP contribution in [-0.4, -0.2) is 33.9 Å². The number of rotatable bonds is 3. The average molecular weight is 408 g/mol. The molecule has 2 aromatic carbocycles. The number of allylic oxidation sites excluding steroid dienone is 1. The van der Waals surface area contributed by atoms with Gasteiger partial charge in [0.15, 0.2) is 17.2 Å². The highest BCUT2D eigenvalue weighted by molar-refractivity contribution is 8.03. The van der Waals surface area contributed by atoms with Gasteiger partial charge in [0.05, 0.1) is 29.5 Å². The van der Waals surface area contributed by atoms with Crippen LogP contribution in [0, 0.1) is 18.3 Å². The Morgan fingerprint density at radius 2 is 2.00 bits per heavy atom. The molecular formula is C22H20N2O4S. The Hall–Kier alpha value is -2.95. The van der Waals surface area contributed by atoms with Gasteiger partial charge in [0.25, 0.3) is 0 Å². The smallest absolute Gasteiger partial charge is 0.231 e. The number of phenols is 1. The first-order valence-electron chi connectivity index (χ1n) is 9.15. The van der Waals surface area contributed by atoms with E-state index in [0.29, 0.717) is 21.7 Å². The van der Waals surface area contributed by atoms with E-state index in [-0.39, 0.29) is 29.6 Å². The summed E-state index contributed by atoms with van der Waals surface area (Å²) in [5.74, 6) is -0.163. The molecule has 0 bridgehead atoms. The number of carbonyl (C=O) groups excluding carboxylic acids is 1. The number of aryl methyl sites for hydroxylation is 1. The Bertz CT molecular complexity index is 1060. The van der Waals surface area contributed by atoms with E-state index in [0.717, 1.165) is 5.56 Å². The van der Waals surface area contributed by atoms with Crippen molar-refractivity contribution < 1.29 is 19.7 Å². The van der Waals surface area contributed by atoms with Gasteiger partial charge in [-0.15, -0.1) is 11.8 Å². The SMILES string of the molecule is COc1cc([C@@H]2CC(=O)N3C(=C2C#N)SC[C@]3(O)c2ccc(C)cc2)ccc1O. The largest absolute Gasteiger partial charge is 0.504 e. The molecule has 0 saturated carbocycles. The molecule has 4 rings (SSSR count). The number of hydrogen-bond acceptors (Lipinski definition) is 6. The molecule has 1 fully saturated rings. The number of aliphatic hydroxyl groups is 1. The number of phenolic OH excluding ortho intramolecular Hbond substituents is 1. The number of methoxy groups -OCH3 is 1. The summed E-state index contributed by atoms with van der Waals surface area (Å²) in [6, 6.07) is 14.5. The summed E-state index contributed by atoms with van der Waals surface area (Å²) in [5, 5.41) is 31.6. The van der Waals surface area contributed by atoms with Crippen molar-refractivity contribution in [3.05, 3.63) is 69.8 Å². The van der Waals surface area contributed by atoms with Gasteiger partial charge in [-0.3, -0.25) is 9.69 Å². The number of hydrogen-bond donors (Lipinski definition) is 2. The molecule has 2 aromatic rings. The van der Waals surface area contributed by atoms with Crippen LogP contribution < -0.4 is 4.74 Å². The van der Waals surface area contributed by atoms with Crippen molar-refractivity contribution in [2.24, 2.45) is 0 Å². The number of aromatic hydroxyl groups is 1. The van der Waals surface area contributed by atoms with Crippen molar-refractivity contribution in [2.45, 2.75) is 25.0 Å². The predicted molar refractivity (Wildman–Crippen MR) is 109 cm³/mol. The lowest BCUT2D eigenvalue weighted by atomic mass is 9.85. The van der Waals surface area contributed by atoms with Gasteiger partial charge in [-0.1, -0.05) is 35.9 Å². The molecule has 0 aromatic heterocycles. The molecule has 0 unspecified atom stereocenters. The van der Waals surface area contributed by atoms with E-state index >= 15 is 0 Å². The van der Waals surface area contributed by atoms with Crippen LogP contribution in [0.1, 0.15) is 29.0 Å². The lowest BCUT2D eigenvalue weighted by Crippen LogP contribution is -2.48. The minimum absolute atomic E-state index is 0.00448. The van der Waals surface area contributed by atoms with Crippen LogP contribution in [0.2, 0.25) is 0 Å². The zero-order valence-corrected chi connectivity index (χ0v) is 16.9. The Kier molecular flexibility index (Phi) is 4.77. The highest BCUT2D eigenvalue weighted by Crippen LogP contribution is 2.52. The lowest BCUT2D eigenvalue weighted by Gasteiger charge is -2.38. The number of ether oxygens (including phenoxy) is 1. The van der Waals surface area contributed by atoms with E-state index in [1.54, 1.807) is 12.1 Å². The fraction of sp³-hybridized carbons (Fsp3) is 0.273. The molecule has 1 saturated heterocycles. The molecule has 6 nitrogen and oxygen atoms in total. The van der Waals surface area contributed by atoms with Crippen molar-refractivity contribution in [3.63, 3.8) is 0 Å². The van der Waals surface area contributed by atoms with Crippen LogP contribution >= 0.6 is 11.8 Å². The maximum atomic E-state index is 13.1. The Balaban J connectivity index is 1.80. The summed E-state index contributed by atoms with van der Waals surface area (Å²) in [6.07, 6.45) is 0.0506. The van der Waals surface area contributed by atoms with Gasteiger partial charge in [-0.2, -0.15) is 5.26 Å². The van der Waals surface area contributed by atoms with Crippen LogP contribution in [0.25, 0.3) is 0 Å². The number of thioether (sulfide) groups is 1. The quantitative estimate of drug-likeness (QED) is 0.809. The molecule has 2 heterocycles. The first-order chi connectivity index (χ1) is 13.9. The van der Waals surface area contributed by atoms with Crippen LogP contribution in [0.5, 0.6) is 11.5 Å². The third-order valence-electron chi connectivity index (χ3n) is 5.43. The van der Waals surface area contributed by atoms with Crippen molar-refractivity contribution in [1.29, 1.82) is 5.26 Å². The van der Waals surface area contributed by atoms with E-state index in [4.69, 9.17) is 4.74 Å². The molecule has 29 heavy (non-hydrogen) atoms. The lowest BCUT2D eigenvalue weighted by molar-refractivity contribution is -0.149. The summed E-state index contributed by atoms with van der Waals surface area (Å²) in [4.78, 5) is 14.5. The molecule has 2 atom stereocenters. The van der Waals surface area contributed by atoms with Crippen LogP contribution in [0.3, 0.4) is 0 Å². The standard InChI is InChI=1S/C22H20N2O4S/c1-13-3-6-15(7-4-13)22(27)12-29-21-17(11-23)16(10-20(26)24(21)22)14-5-8-18(25)19(9-14)28-2/h3-9,16,25,27H,10,12H2,1-2H3/t16-,22-/m0/s1. The van der Waals surface area contributed by atoms with Crippen LogP contribution in [0.15, 0.2) is 53.1 Å². The average Bonchev–Trinajstić information content (AvgIpc) is 3.08. The topological polar surface area (TPSA) is 93.8 Å². The van der Waals surface area contributed by atoms with Crippen LogP contribution in [-0.2, 0) is 10.5 Å². The summed E-state index contributed by atoms with van der Waals surface area (Å²) in [7, 11) is 1.45. The van der Waals surface area contributed by atoms with Crippen LogP contribution in [0.4, 0.5) is 0 Å². The van der Waals surface area contributed by atoms with Gasteiger partial charge in [0.1, 0.15) is 0 Å². The minimum Gasteiger partial charge on any atom is -0.504 e. The van der Waals surface area contributed by atoms with Gasteiger partial charge in [0.2, 0.25) is 5.91 Å². The minimum atomic E-state index is -1.48. The molecule has 0 radical (unpaired) electrons. The molecular weight excluding hydrogens is 388 g/mol. The Morgan fingerprint density at radius 1 is 1.28 bits per heavy atom. The predicted octanol–water partition coefficient (Wildman–Crippen LogP) is 3.35. The number of fused-ring (bicyclic) bond motifs is 1. The van der Waals surface area contributed by atoms with Crippen molar-refractivity contribution >= 4 is 17.7 Å². The zero-order chi connectivity index (χ0) is 20.8. The molecule has 7 heteroatoms. The van der Waals surface area contributed by atoms with E-state index in [1.165, 1.54) is 29.8 Å². The van der Waals surface area contributed by atoms with Crippen molar-refractivity contribution in [1.82, 2.24) is 4.90 Å². The molecule has 2 N–H and O–H groups in total. The maximum Gasteiger partial charge on any atom is 0.231 e. The Morgan fingerprint density at radius 3 is 2.66 bits per heavy atom. The number of nitrogens with zero attached hydrogens (tertiary/aromatic N) is 2. The van der Waals surface area contributed by atoms with Crippen molar-refractivity contribution in [2.75, 3.05) is 12.9 Å². The Labute approximate surface area is 173 Å². The summed E-state index contributed by atoms with van der Waals surface area (Å²) in [6.45, 7) is 1.96. The molecule has 2 aliphatic heterocycles. The van der Waals surface area contributed by atoms with E-state index in [1.807, 2.05) is 31.2 Å². The van der Waals surface area contributed by atoms with Gasteiger partial charge in [0, 0.05) is 17.9 Å². The molecule has 0 spiro atoms. The second kappa shape index (κ2) is 7.14. The summed E-state index contributed by atoms with van der Waals surface area (Å²) >= 11 is 1.31. The molecule has 2 aliphatic rings. The highest BCUT2D eigenvalue weighted by atomic mass is 32.2. The molecule has 0 aliphatic carbocycles. The second-order valence-electron chi connectivity index (χ2n) is 7.22. The molecule has 148 valence electrons. The van der Waals surface area contributed by atoms with E-state index in [9.17, 15) is 20.3 Å². The third kappa shape index (κ3) is 3.05. The number of nitriles is 1. The number of benzene rings is 2. The zero-order valence-electron chi connectivity index (χ0n) is 16.0.